The number of nitriles is 4. The molecule has 0 aliphatic heterocycles. The Kier molecular flexibility index (Phi) is 32.0. The molecule has 0 saturated heterocycles. The van der Waals surface area contributed by atoms with E-state index in [2.05, 4.69) is 87.1 Å². The van der Waals surface area contributed by atoms with Gasteiger partial charge in [0.2, 0.25) is 0 Å². The Morgan fingerprint density at radius 3 is 1.18 bits per heavy atom. The molecule has 2 unspecified atom stereocenters. The number of hydrogen-bond acceptors (Lipinski definition) is 13. The van der Waals surface area contributed by atoms with Crippen LogP contribution >= 0.6 is 103 Å². The van der Waals surface area contributed by atoms with Crippen LogP contribution in [0.4, 0.5) is 0 Å². The number of rotatable bonds is 45. The lowest BCUT2D eigenvalue weighted by Crippen LogP contribution is -2.12. The van der Waals surface area contributed by atoms with Crippen molar-refractivity contribution in [1.82, 2.24) is 17.9 Å². The minimum absolute atomic E-state index is 0.156. The van der Waals surface area contributed by atoms with Gasteiger partial charge in [0.05, 0.1) is 82.1 Å². The van der Waals surface area contributed by atoms with E-state index < -0.39 is 0 Å². The molecular formula is C95H108Cl4N8O2S5. The van der Waals surface area contributed by atoms with Crippen molar-refractivity contribution >= 4 is 210 Å². The summed E-state index contributed by atoms with van der Waals surface area (Å²) in [5.41, 5.74) is 11.9. The molecule has 3 aromatic carbocycles. The van der Waals surface area contributed by atoms with Crippen molar-refractivity contribution in [3.63, 3.8) is 0 Å². The third-order valence-electron chi connectivity index (χ3n) is 23.8. The number of thiophene rings is 4. The molecule has 12 rings (SSSR count). The standard InChI is InChI=1S/C95H108Cl4N8O2S5/c1-7-13-18-22-25-27-29-32-36-43-64-76(47-38-45-66-78(62(55-100)56-101)68-51-72(96)74(98)53-70(68)88(66)108)110-94-86-92(112-90(64)94)80-82-83(105-114-104-82)81-85(84(80)106(86)50-49-60(12-6)40-17-11-5)107(59-61(41-34-21-16-10-4)42-35-31-24-20-15-9-3)87-93(81)113-91-65(44-37-33-30-28-26-23-19-14-8-2)77(111-95(87)91)48-39-46-67-79(63(57-102)58-103)69-52-73(97)75(99)54-71(69)89(67)109/h38-39,45-48,51-54,60-61H,7-37,40-44,49-50,59H2,1-6H3/b47-38+,48-39+,66-45-,67-46-. The van der Waals surface area contributed by atoms with Crippen molar-refractivity contribution < 1.29 is 9.59 Å². The summed E-state index contributed by atoms with van der Waals surface area (Å²) in [6, 6.07) is 14.6. The second kappa shape index (κ2) is 42.1. The maximum Gasteiger partial charge on any atom is 0.194 e. The number of hydrogen-bond donors (Lipinski definition) is 0. The van der Waals surface area contributed by atoms with Gasteiger partial charge in [-0.1, -0.05) is 305 Å². The maximum absolute atomic E-state index is 14.5. The Bertz CT molecular complexity index is 5520. The van der Waals surface area contributed by atoms with E-state index in [0.29, 0.717) is 34.1 Å². The van der Waals surface area contributed by atoms with Crippen LogP contribution < -0.4 is 0 Å². The highest BCUT2D eigenvalue weighted by atomic mass is 35.5. The van der Waals surface area contributed by atoms with Crippen LogP contribution in [0.3, 0.4) is 0 Å². The van der Waals surface area contributed by atoms with Crippen LogP contribution in [0.5, 0.6) is 0 Å². The minimum atomic E-state index is -0.308. The molecule has 10 nitrogen and oxygen atoms in total. The number of fused-ring (bicyclic) bond motifs is 16. The number of ketones is 2. The topological polar surface area (TPSA) is 165 Å². The third-order valence-corrected chi connectivity index (χ3v) is 31.0. The number of unbranched alkanes of at least 4 members (excludes halogenated alkanes) is 25. The predicted octanol–water partition coefficient (Wildman–Crippen LogP) is 32.4. The number of aryl methyl sites for hydroxylation is 3. The number of carbonyl (C=O) groups is 2. The summed E-state index contributed by atoms with van der Waals surface area (Å²) >= 11 is 35.2. The normalized spacial score (nSPS) is 14.4. The summed E-state index contributed by atoms with van der Waals surface area (Å²) in [5, 5.41) is 44.8. The maximum atomic E-state index is 14.5. The lowest BCUT2D eigenvalue weighted by Gasteiger charge is -2.21. The molecule has 0 N–H and O–H groups in total. The van der Waals surface area contributed by atoms with Gasteiger partial charge in [-0.3, -0.25) is 9.59 Å². The minimum Gasteiger partial charge on any atom is -0.337 e. The summed E-state index contributed by atoms with van der Waals surface area (Å²) in [6.07, 6.45) is 55.7. The molecule has 2 aliphatic carbocycles. The van der Waals surface area contributed by atoms with E-state index >= 15 is 0 Å². The summed E-state index contributed by atoms with van der Waals surface area (Å²) in [5.74, 6) is 0.333. The second-order valence-electron chi connectivity index (χ2n) is 31.7. The predicted molar refractivity (Wildman–Crippen MR) is 492 cm³/mol. The van der Waals surface area contributed by atoms with E-state index in [1.165, 1.54) is 251 Å². The average Bonchev–Trinajstić information content (AvgIpc) is 1.50. The van der Waals surface area contributed by atoms with E-state index in [9.17, 15) is 30.6 Å². The first kappa shape index (κ1) is 86.6. The Morgan fingerprint density at radius 2 is 0.772 bits per heavy atom. The van der Waals surface area contributed by atoms with Gasteiger partial charge in [0.15, 0.2) is 11.6 Å². The van der Waals surface area contributed by atoms with Crippen LogP contribution in [-0.2, 0) is 25.9 Å². The Balaban J connectivity index is 1.10. The van der Waals surface area contributed by atoms with Crippen molar-refractivity contribution in [3.05, 3.63) is 134 Å². The molecule has 0 amide bonds. The molecule has 2 atom stereocenters. The Hall–Kier alpha value is -6.70. The fourth-order valence-electron chi connectivity index (χ4n) is 17.6. The molecule has 598 valence electrons. The van der Waals surface area contributed by atoms with Crippen molar-refractivity contribution in [1.29, 1.82) is 21.0 Å². The molecule has 114 heavy (non-hydrogen) atoms. The number of Topliss-reactive ketones (excluding diaryl/α,β-unsaturated/α-hetero) is 2. The van der Waals surface area contributed by atoms with Crippen LogP contribution in [0.2, 0.25) is 20.1 Å². The van der Waals surface area contributed by atoms with Crippen molar-refractivity contribution in [2.75, 3.05) is 0 Å². The van der Waals surface area contributed by atoms with Crippen LogP contribution in [0.1, 0.15) is 319 Å². The van der Waals surface area contributed by atoms with Gasteiger partial charge in [-0.2, -0.15) is 29.8 Å². The highest BCUT2D eigenvalue weighted by Gasteiger charge is 2.37. The lowest BCUT2D eigenvalue weighted by molar-refractivity contribution is 0.103. The highest BCUT2D eigenvalue weighted by molar-refractivity contribution is 7.34. The molecule has 19 heteroatoms. The van der Waals surface area contributed by atoms with Gasteiger partial charge < -0.3 is 9.13 Å². The molecule has 0 radical (unpaired) electrons. The SMILES string of the molecule is CCCCCCCCCCCc1c(/C=C/C=C2\C(=O)c3cc(Cl)c(Cl)cc3C2=C(C#N)C#N)sc2c1sc1c3c4nsnc4c4c5sc6c(CCCCCCCCCCC)c(/C=C/C=C7\C(=O)c8cc(Cl)c(Cl)cc8C7=C(C#N)C#N)sc6c5n(CC(CCCCCC)CCCCCCCC)c4c3n(CCC(CC)CCCC)c21. The number of nitrogens with zero attached hydrogens (tertiary/aromatic N) is 8. The third kappa shape index (κ3) is 18.9. The largest absolute Gasteiger partial charge is 0.337 e. The van der Waals surface area contributed by atoms with Gasteiger partial charge in [0, 0.05) is 67.0 Å². The average molecular weight is 1700 g/mol. The molecule has 2 aliphatic rings. The van der Waals surface area contributed by atoms with Crippen LogP contribution in [0.25, 0.3) is 95.4 Å². The number of benzene rings is 3. The van der Waals surface area contributed by atoms with Gasteiger partial charge in [-0.05, 0) is 115 Å². The van der Waals surface area contributed by atoms with Gasteiger partial charge in [0.25, 0.3) is 0 Å². The van der Waals surface area contributed by atoms with Gasteiger partial charge in [-0.15, -0.1) is 45.3 Å². The lowest BCUT2D eigenvalue weighted by atomic mass is 9.94. The zero-order chi connectivity index (χ0) is 80.4. The summed E-state index contributed by atoms with van der Waals surface area (Å²) in [4.78, 5) is 31.3. The molecule has 0 saturated carbocycles. The van der Waals surface area contributed by atoms with Crippen LogP contribution in [-0.4, -0.2) is 29.4 Å². The molecular weight excluding hydrogens is 1590 g/mol. The monoisotopic (exact) mass is 1690 g/mol. The van der Waals surface area contributed by atoms with Crippen LogP contribution in [0.15, 0.2) is 70.9 Å². The van der Waals surface area contributed by atoms with E-state index in [1.54, 1.807) is 36.4 Å². The van der Waals surface area contributed by atoms with Crippen molar-refractivity contribution in [2.45, 2.75) is 292 Å². The van der Waals surface area contributed by atoms with Gasteiger partial charge in [-0.25, -0.2) is 0 Å². The fraction of sp³-hybridized carbons (Fsp3) is 0.495. The van der Waals surface area contributed by atoms with E-state index in [1.807, 2.05) is 57.5 Å². The Labute approximate surface area is 715 Å². The van der Waals surface area contributed by atoms with E-state index in [0.717, 1.165) is 105 Å². The Morgan fingerprint density at radius 1 is 0.412 bits per heavy atom. The van der Waals surface area contributed by atoms with Gasteiger partial charge >= 0.3 is 0 Å². The quantitative estimate of drug-likeness (QED) is 0.0207. The zero-order valence-electron chi connectivity index (χ0n) is 67.5. The number of allylic oxidation sites excluding steroid dienone is 10. The highest BCUT2D eigenvalue weighted by Crippen LogP contribution is 2.56. The molecule has 0 bridgehead atoms. The molecule has 7 aromatic heterocycles. The summed E-state index contributed by atoms with van der Waals surface area (Å²) in [7, 11) is 0. The van der Waals surface area contributed by atoms with Crippen molar-refractivity contribution in [3.8, 4) is 24.3 Å². The number of aromatic nitrogens is 4. The number of halogens is 4. The van der Waals surface area contributed by atoms with Crippen LogP contribution in [0, 0.1) is 57.2 Å². The fourth-order valence-corrected chi connectivity index (χ4v) is 24.7. The molecule has 7 heterocycles. The second-order valence-corrected chi connectivity index (χ2v) is 38.0. The summed E-state index contributed by atoms with van der Waals surface area (Å²) < 4.78 is 24.2. The van der Waals surface area contributed by atoms with E-state index in [4.69, 9.17) is 55.2 Å². The molecule has 0 spiro atoms. The van der Waals surface area contributed by atoms with Crippen molar-refractivity contribution in [2.24, 2.45) is 11.8 Å². The molecule has 0 fully saturated rings. The first-order valence-corrected chi connectivity index (χ1v) is 48.2. The van der Waals surface area contributed by atoms with E-state index in [-0.39, 0.29) is 65.1 Å². The summed E-state index contributed by atoms with van der Waals surface area (Å²) in [6.45, 7) is 15.5. The first-order chi connectivity index (χ1) is 55.7. The molecule has 10 aromatic rings. The smallest absolute Gasteiger partial charge is 0.194 e. The zero-order valence-corrected chi connectivity index (χ0v) is 74.6. The number of carbonyl (C=O) groups excluding carboxylic acids is 2. The first-order valence-electron chi connectivity index (χ1n) is 42.7. The van der Waals surface area contributed by atoms with Gasteiger partial charge in [0.1, 0.15) is 46.5 Å².